The number of nitrogens with zero attached hydrogens (tertiary/aromatic N) is 2. The van der Waals surface area contributed by atoms with Crippen LogP contribution in [0.2, 0.25) is 0 Å². The Morgan fingerprint density at radius 3 is 2.62 bits per heavy atom. The number of methoxy groups -OCH3 is 1. The van der Waals surface area contributed by atoms with Gasteiger partial charge in [-0.2, -0.15) is 0 Å². The van der Waals surface area contributed by atoms with Crippen molar-refractivity contribution in [1.29, 1.82) is 0 Å². The third-order valence-corrected chi connectivity index (χ3v) is 3.46. The summed E-state index contributed by atoms with van der Waals surface area (Å²) < 4.78 is 5.19. The summed E-state index contributed by atoms with van der Waals surface area (Å²) in [5, 5.41) is 3.55. The van der Waals surface area contributed by atoms with Gasteiger partial charge in [-0.25, -0.2) is 0 Å². The molecule has 21 heavy (non-hydrogen) atoms. The Kier molecular flexibility index (Phi) is 6.16. The van der Waals surface area contributed by atoms with E-state index in [1.165, 1.54) is 5.56 Å². The minimum absolute atomic E-state index is 0.251. The SMILES string of the molecule is CCCNC(CCc1ccc(OC)cc1)c1cnccn1. The normalized spacial score (nSPS) is 12.1. The lowest BCUT2D eigenvalue weighted by Gasteiger charge is -2.17. The average molecular weight is 285 g/mol. The molecule has 0 aliphatic heterocycles. The van der Waals surface area contributed by atoms with Crippen LogP contribution in [-0.4, -0.2) is 23.6 Å². The van der Waals surface area contributed by atoms with Gasteiger partial charge >= 0.3 is 0 Å². The number of aromatic nitrogens is 2. The average Bonchev–Trinajstić information content (AvgIpc) is 2.56. The molecule has 0 amide bonds. The van der Waals surface area contributed by atoms with E-state index in [4.69, 9.17) is 4.74 Å². The molecule has 0 radical (unpaired) electrons. The molecule has 2 aromatic rings. The number of nitrogens with one attached hydrogen (secondary N) is 1. The first-order valence-corrected chi connectivity index (χ1v) is 7.45. The molecule has 0 bridgehead atoms. The van der Waals surface area contributed by atoms with Gasteiger partial charge in [0.05, 0.1) is 18.8 Å². The molecule has 112 valence electrons. The number of benzene rings is 1. The van der Waals surface area contributed by atoms with E-state index in [2.05, 4.69) is 34.3 Å². The predicted octanol–water partition coefficient (Wildman–Crippen LogP) is 3.16. The van der Waals surface area contributed by atoms with Crippen molar-refractivity contribution in [3.63, 3.8) is 0 Å². The molecule has 4 nitrogen and oxygen atoms in total. The Hall–Kier alpha value is -1.94. The van der Waals surface area contributed by atoms with E-state index in [1.54, 1.807) is 19.5 Å². The molecule has 1 aromatic heterocycles. The van der Waals surface area contributed by atoms with Gasteiger partial charge in [0, 0.05) is 18.6 Å². The van der Waals surface area contributed by atoms with Crippen molar-refractivity contribution in [3.05, 3.63) is 54.1 Å². The molecule has 1 atom stereocenters. The minimum Gasteiger partial charge on any atom is -0.497 e. The number of ether oxygens (including phenoxy) is 1. The number of hydrogen-bond acceptors (Lipinski definition) is 4. The first-order chi connectivity index (χ1) is 10.3. The zero-order valence-corrected chi connectivity index (χ0v) is 12.7. The molecule has 0 spiro atoms. The lowest BCUT2D eigenvalue weighted by Crippen LogP contribution is -2.23. The van der Waals surface area contributed by atoms with Gasteiger partial charge < -0.3 is 10.1 Å². The molecule has 0 aliphatic rings. The molecule has 1 unspecified atom stereocenters. The minimum atomic E-state index is 0.251. The van der Waals surface area contributed by atoms with Gasteiger partial charge in [-0.15, -0.1) is 0 Å². The summed E-state index contributed by atoms with van der Waals surface area (Å²) in [7, 11) is 1.69. The van der Waals surface area contributed by atoms with Crippen molar-refractivity contribution in [1.82, 2.24) is 15.3 Å². The summed E-state index contributed by atoms with van der Waals surface area (Å²) >= 11 is 0. The van der Waals surface area contributed by atoms with Crippen LogP contribution in [0.4, 0.5) is 0 Å². The molecule has 0 saturated heterocycles. The molecular weight excluding hydrogens is 262 g/mol. The van der Waals surface area contributed by atoms with E-state index in [1.807, 2.05) is 18.3 Å². The highest BCUT2D eigenvalue weighted by Gasteiger charge is 2.12. The van der Waals surface area contributed by atoms with Gasteiger partial charge in [-0.1, -0.05) is 19.1 Å². The molecular formula is C17H23N3O. The molecule has 0 fully saturated rings. The summed E-state index contributed by atoms with van der Waals surface area (Å²) in [6, 6.07) is 8.50. The van der Waals surface area contributed by atoms with Crippen molar-refractivity contribution in [2.75, 3.05) is 13.7 Å². The fraction of sp³-hybridized carbons (Fsp3) is 0.412. The highest BCUT2D eigenvalue weighted by atomic mass is 16.5. The van der Waals surface area contributed by atoms with Gasteiger partial charge in [0.2, 0.25) is 0 Å². The zero-order valence-electron chi connectivity index (χ0n) is 12.7. The maximum Gasteiger partial charge on any atom is 0.118 e. The van der Waals surface area contributed by atoms with E-state index in [0.29, 0.717) is 0 Å². The molecule has 4 heteroatoms. The van der Waals surface area contributed by atoms with Gasteiger partial charge in [-0.3, -0.25) is 9.97 Å². The van der Waals surface area contributed by atoms with Gasteiger partial charge in [-0.05, 0) is 43.5 Å². The molecule has 1 heterocycles. The maximum atomic E-state index is 5.19. The third kappa shape index (κ3) is 4.83. The van der Waals surface area contributed by atoms with Crippen LogP contribution in [-0.2, 0) is 6.42 Å². The second-order valence-electron chi connectivity index (χ2n) is 5.02. The van der Waals surface area contributed by atoms with Crippen LogP contribution in [0.3, 0.4) is 0 Å². The summed E-state index contributed by atoms with van der Waals surface area (Å²) in [5.41, 5.74) is 2.32. The monoisotopic (exact) mass is 285 g/mol. The van der Waals surface area contributed by atoms with Crippen molar-refractivity contribution >= 4 is 0 Å². The van der Waals surface area contributed by atoms with Gasteiger partial charge in [0.1, 0.15) is 5.75 Å². The van der Waals surface area contributed by atoms with Crippen LogP contribution in [0.25, 0.3) is 0 Å². The second kappa shape index (κ2) is 8.37. The van der Waals surface area contributed by atoms with E-state index in [0.717, 1.165) is 37.3 Å². The molecule has 2 rings (SSSR count). The second-order valence-corrected chi connectivity index (χ2v) is 5.02. The topological polar surface area (TPSA) is 47.0 Å². The number of aryl methyl sites for hydroxylation is 1. The van der Waals surface area contributed by atoms with Crippen LogP contribution in [0.1, 0.15) is 37.1 Å². The highest BCUT2D eigenvalue weighted by molar-refractivity contribution is 5.27. The Bertz CT molecular complexity index is 513. The Balaban J connectivity index is 1.97. The van der Waals surface area contributed by atoms with Gasteiger partial charge in [0.25, 0.3) is 0 Å². The fourth-order valence-electron chi connectivity index (χ4n) is 2.27. The van der Waals surface area contributed by atoms with Gasteiger partial charge in [0.15, 0.2) is 0 Å². The highest BCUT2D eigenvalue weighted by Crippen LogP contribution is 2.18. The Labute approximate surface area is 126 Å². The van der Waals surface area contributed by atoms with Crippen LogP contribution < -0.4 is 10.1 Å². The standard InChI is InChI=1S/C17H23N3O/c1-3-10-19-16(17-13-18-11-12-20-17)9-6-14-4-7-15(21-2)8-5-14/h4-5,7-8,11-13,16,19H,3,6,9-10H2,1-2H3. The lowest BCUT2D eigenvalue weighted by molar-refractivity contribution is 0.414. The quantitative estimate of drug-likeness (QED) is 0.809. The largest absolute Gasteiger partial charge is 0.497 e. The summed E-state index contributed by atoms with van der Waals surface area (Å²) in [6.07, 6.45) is 8.43. The van der Waals surface area contributed by atoms with Crippen LogP contribution in [0.15, 0.2) is 42.9 Å². The number of rotatable bonds is 8. The van der Waals surface area contributed by atoms with Crippen molar-refractivity contribution in [2.45, 2.75) is 32.2 Å². The lowest BCUT2D eigenvalue weighted by atomic mass is 10.0. The molecule has 1 N–H and O–H groups in total. The van der Waals surface area contributed by atoms with E-state index >= 15 is 0 Å². The first kappa shape index (κ1) is 15.4. The summed E-state index contributed by atoms with van der Waals surface area (Å²) in [6.45, 7) is 3.16. The van der Waals surface area contributed by atoms with Crippen molar-refractivity contribution in [3.8, 4) is 5.75 Å². The van der Waals surface area contributed by atoms with Crippen LogP contribution in [0.5, 0.6) is 5.75 Å². The van der Waals surface area contributed by atoms with Crippen molar-refractivity contribution < 1.29 is 4.74 Å². The zero-order chi connectivity index (χ0) is 14.9. The van der Waals surface area contributed by atoms with E-state index < -0.39 is 0 Å². The van der Waals surface area contributed by atoms with Crippen LogP contribution in [0, 0.1) is 0 Å². The predicted molar refractivity (Wildman–Crippen MR) is 84.4 cm³/mol. The third-order valence-electron chi connectivity index (χ3n) is 3.46. The fourth-order valence-corrected chi connectivity index (χ4v) is 2.27. The summed E-state index contributed by atoms with van der Waals surface area (Å²) in [5.74, 6) is 0.897. The Morgan fingerprint density at radius 1 is 1.19 bits per heavy atom. The van der Waals surface area contributed by atoms with Crippen LogP contribution >= 0.6 is 0 Å². The molecule has 0 aliphatic carbocycles. The first-order valence-electron chi connectivity index (χ1n) is 7.45. The molecule has 1 aromatic carbocycles. The summed E-state index contributed by atoms with van der Waals surface area (Å²) in [4.78, 5) is 8.60. The van der Waals surface area contributed by atoms with E-state index in [9.17, 15) is 0 Å². The number of hydrogen-bond donors (Lipinski definition) is 1. The van der Waals surface area contributed by atoms with Crippen molar-refractivity contribution in [2.24, 2.45) is 0 Å². The molecule has 0 saturated carbocycles. The smallest absolute Gasteiger partial charge is 0.118 e. The maximum absolute atomic E-state index is 5.19. The Morgan fingerprint density at radius 2 is 2.00 bits per heavy atom. The van der Waals surface area contributed by atoms with E-state index in [-0.39, 0.29) is 6.04 Å².